The molecule has 9 heteroatoms. The van der Waals surface area contributed by atoms with Gasteiger partial charge < -0.3 is 23.8 Å². The van der Waals surface area contributed by atoms with Crippen LogP contribution in [0.5, 0.6) is 5.75 Å². The zero-order chi connectivity index (χ0) is 26.4. The summed E-state index contributed by atoms with van der Waals surface area (Å²) in [5, 5.41) is 0. The Labute approximate surface area is 218 Å². The van der Waals surface area contributed by atoms with Gasteiger partial charge in [-0.05, 0) is 90.1 Å². The number of amides is 1. The van der Waals surface area contributed by atoms with E-state index in [1.165, 1.54) is 13.2 Å². The van der Waals surface area contributed by atoms with Gasteiger partial charge in [0.25, 0.3) is 0 Å². The van der Waals surface area contributed by atoms with Crippen LogP contribution < -0.4 is 4.74 Å². The van der Waals surface area contributed by atoms with E-state index in [1.807, 2.05) is 20.8 Å². The summed E-state index contributed by atoms with van der Waals surface area (Å²) in [4.78, 5) is 28.2. The Bertz CT molecular complexity index is 1010. The van der Waals surface area contributed by atoms with Gasteiger partial charge in [-0.2, -0.15) is 0 Å². The smallest absolute Gasteiger partial charge is 0.410 e. The van der Waals surface area contributed by atoms with Crippen molar-refractivity contribution < 1.29 is 32.9 Å². The van der Waals surface area contributed by atoms with Crippen molar-refractivity contribution in [2.45, 2.75) is 82.1 Å². The molecule has 204 valence electrons. The van der Waals surface area contributed by atoms with Crippen LogP contribution in [0.15, 0.2) is 18.2 Å². The molecular formula is C28H39FN2O6. The number of nitrogens with zero attached hydrogens (tertiary/aromatic N) is 2. The molecule has 1 aliphatic carbocycles. The van der Waals surface area contributed by atoms with E-state index in [9.17, 15) is 14.0 Å². The highest BCUT2D eigenvalue weighted by Crippen LogP contribution is 2.42. The summed E-state index contributed by atoms with van der Waals surface area (Å²) in [5.74, 6) is 0.403. The molecule has 4 aliphatic rings. The first-order valence-corrected chi connectivity index (χ1v) is 13.4. The number of hydrogen-bond acceptors (Lipinski definition) is 7. The van der Waals surface area contributed by atoms with Crippen molar-refractivity contribution in [3.8, 4) is 5.75 Å². The second kappa shape index (κ2) is 10.1. The lowest BCUT2D eigenvalue weighted by molar-refractivity contribution is -0.151. The summed E-state index contributed by atoms with van der Waals surface area (Å²) in [5.41, 5.74) is 0.165. The van der Waals surface area contributed by atoms with Gasteiger partial charge in [-0.15, -0.1) is 0 Å². The highest BCUT2D eigenvalue weighted by molar-refractivity contribution is 5.73. The number of esters is 1. The first kappa shape index (κ1) is 26.2. The van der Waals surface area contributed by atoms with Gasteiger partial charge in [-0.25, -0.2) is 9.18 Å². The number of hydrogen-bond donors (Lipinski definition) is 0. The molecule has 1 aromatic carbocycles. The van der Waals surface area contributed by atoms with Gasteiger partial charge >= 0.3 is 12.1 Å². The first-order chi connectivity index (χ1) is 17.5. The van der Waals surface area contributed by atoms with E-state index in [0.717, 1.165) is 43.7 Å². The SMILES string of the molecule is COC(=O)C1CC(Oc2ccc(F)cc2C2CCN([C@@H]3COC4(C3)CN(C(=O)OC(C)(C)C)C4)CC2)C1. The summed E-state index contributed by atoms with van der Waals surface area (Å²) >= 11 is 0. The van der Waals surface area contributed by atoms with Crippen LogP contribution in [0.3, 0.4) is 0 Å². The fraction of sp³-hybridized carbons (Fsp3) is 0.714. The third-order valence-corrected chi connectivity index (χ3v) is 8.18. The molecule has 37 heavy (non-hydrogen) atoms. The molecule has 8 nitrogen and oxygen atoms in total. The number of benzene rings is 1. The lowest BCUT2D eigenvalue weighted by atomic mass is 9.82. The van der Waals surface area contributed by atoms with Gasteiger partial charge in [0, 0.05) is 11.6 Å². The standard InChI is InChI=1S/C28H39FN2O6/c1-27(2,3)37-26(33)31-16-28(17-31)14-21(15-35-28)30-9-7-18(8-10-30)23-13-20(29)5-6-24(23)36-22-11-19(12-22)25(32)34-4/h5-6,13,18-19,21-22H,7-12,14-17H2,1-4H3/t19?,21-,22?/m0/s1. The molecule has 3 saturated heterocycles. The number of likely N-dealkylation sites (tertiary alicyclic amines) is 2. The highest BCUT2D eigenvalue weighted by atomic mass is 19.1. The Morgan fingerprint density at radius 3 is 2.49 bits per heavy atom. The molecule has 0 bridgehead atoms. The summed E-state index contributed by atoms with van der Waals surface area (Å²) in [6.07, 6.45) is 3.71. The van der Waals surface area contributed by atoms with Crippen LogP contribution in [0.2, 0.25) is 0 Å². The second-order valence-electron chi connectivity index (χ2n) is 12.1. The van der Waals surface area contributed by atoms with Crippen LogP contribution in [0, 0.1) is 11.7 Å². The van der Waals surface area contributed by atoms with E-state index in [-0.39, 0.29) is 41.4 Å². The van der Waals surface area contributed by atoms with Gasteiger partial charge in [0.2, 0.25) is 0 Å². The minimum Gasteiger partial charge on any atom is -0.490 e. The number of halogens is 1. The van der Waals surface area contributed by atoms with E-state index in [0.29, 0.717) is 38.6 Å². The van der Waals surface area contributed by atoms with E-state index in [1.54, 1.807) is 17.0 Å². The fourth-order valence-electron chi connectivity index (χ4n) is 6.10. The molecular weight excluding hydrogens is 479 g/mol. The van der Waals surface area contributed by atoms with Crippen molar-refractivity contribution >= 4 is 12.1 Å². The van der Waals surface area contributed by atoms with Crippen molar-refractivity contribution in [3.05, 3.63) is 29.6 Å². The summed E-state index contributed by atoms with van der Waals surface area (Å²) in [6.45, 7) is 9.28. The number of ether oxygens (including phenoxy) is 4. The highest BCUT2D eigenvalue weighted by Gasteiger charge is 2.53. The maximum atomic E-state index is 14.2. The molecule has 1 amide bonds. The fourth-order valence-corrected chi connectivity index (χ4v) is 6.10. The number of methoxy groups -OCH3 is 1. The van der Waals surface area contributed by atoms with Crippen molar-refractivity contribution in [1.29, 1.82) is 0 Å². The van der Waals surface area contributed by atoms with Gasteiger partial charge in [-0.1, -0.05) is 0 Å². The predicted octanol–water partition coefficient (Wildman–Crippen LogP) is 4.11. The Kier molecular flexibility index (Phi) is 7.13. The van der Waals surface area contributed by atoms with Crippen molar-refractivity contribution in [1.82, 2.24) is 9.80 Å². The van der Waals surface area contributed by atoms with Crippen molar-refractivity contribution in [2.24, 2.45) is 5.92 Å². The predicted molar refractivity (Wildman–Crippen MR) is 134 cm³/mol. The second-order valence-corrected chi connectivity index (χ2v) is 12.1. The number of rotatable bonds is 5. The molecule has 4 fully saturated rings. The van der Waals surface area contributed by atoms with Crippen molar-refractivity contribution in [2.75, 3.05) is 39.9 Å². The van der Waals surface area contributed by atoms with Gasteiger partial charge in [-0.3, -0.25) is 9.69 Å². The van der Waals surface area contributed by atoms with Gasteiger partial charge in [0.05, 0.1) is 32.7 Å². The van der Waals surface area contributed by atoms with Crippen LogP contribution in [0.4, 0.5) is 9.18 Å². The monoisotopic (exact) mass is 518 g/mol. The zero-order valence-electron chi connectivity index (χ0n) is 22.3. The average Bonchev–Trinajstić information content (AvgIpc) is 3.25. The third-order valence-electron chi connectivity index (χ3n) is 8.18. The van der Waals surface area contributed by atoms with Gasteiger partial charge in [0.15, 0.2) is 0 Å². The lowest BCUT2D eigenvalue weighted by Gasteiger charge is -2.47. The first-order valence-electron chi connectivity index (χ1n) is 13.4. The molecule has 3 heterocycles. The van der Waals surface area contributed by atoms with Gasteiger partial charge in [0.1, 0.15) is 28.9 Å². The van der Waals surface area contributed by atoms with Crippen LogP contribution in [0.25, 0.3) is 0 Å². The Morgan fingerprint density at radius 1 is 1.14 bits per heavy atom. The Hall–Kier alpha value is -2.39. The molecule has 0 aromatic heterocycles. The lowest BCUT2D eigenvalue weighted by Crippen LogP contribution is -2.64. The van der Waals surface area contributed by atoms with Crippen LogP contribution in [-0.4, -0.2) is 85.1 Å². The van der Waals surface area contributed by atoms with Crippen molar-refractivity contribution in [3.63, 3.8) is 0 Å². The largest absolute Gasteiger partial charge is 0.490 e. The quantitative estimate of drug-likeness (QED) is 0.543. The molecule has 1 saturated carbocycles. The Morgan fingerprint density at radius 2 is 1.84 bits per heavy atom. The molecule has 3 aliphatic heterocycles. The molecule has 0 N–H and O–H groups in total. The summed E-state index contributed by atoms with van der Waals surface area (Å²) in [7, 11) is 1.41. The average molecular weight is 519 g/mol. The van der Waals surface area contributed by atoms with E-state index >= 15 is 0 Å². The minimum atomic E-state index is -0.501. The van der Waals surface area contributed by atoms with E-state index in [4.69, 9.17) is 18.9 Å². The number of piperidine rings is 1. The molecule has 1 atom stereocenters. The number of carbonyl (C=O) groups is 2. The number of carbonyl (C=O) groups excluding carboxylic acids is 2. The summed E-state index contributed by atoms with van der Waals surface area (Å²) < 4.78 is 36.9. The third kappa shape index (κ3) is 5.72. The Balaban J connectivity index is 1.12. The molecule has 1 spiro atoms. The molecule has 1 aromatic rings. The maximum absolute atomic E-state index is 14.2. The maximum Gasteiger partial charge on any atom is 0.410 e. The van der Waals surface area contributed by atoms with Crippen LogP contribution >= 0.6 is 0 Å². The molecule has 0 radical (unpaired) electrons. The summed E-state index contributed by atoms with van der Waals surface area (Å²) in [6, 6.07) is 5.11. The normalized spacial score (nSPS) is 27.9. The van der Waals surface area contributed by atoms with Crippen LogP contribution in [0.1, 0.15) is 64.4 Å². The zero-order valence-corrected chi connectivity index (χ0v) is 22.3. The minimum absolute atomic E-state index is 0.0389. The topological polar surface area (TPSA) is 77.5 Å². The van der Waals surface area contributed by atoms with E-state index < -0.39 is 5.60 Å². The van der Waals surface area contributed by atoms with E-state index in [2.05, 4.69) is 4.90 Å². The molecule has 0 unspecified atom stereocenters. The van der Waals surface area contributed by atoms with Crippen LogP contribution in [-0.2, 0) is 19.0 Å². The molecule has 5 rings (SSSR count).